The van der Waals surface area contributed by atoms with Crippen molar-refractivity contribution in [1.29, 1.82) is 0 Å². The van der Waals surface area contributed by atoms with E-state index in [9.17, 15) is 14.8 Å². The van der Waals surface area contributed by atoms with Crippen LogP contribution in [0.4, 0.5) is 11.6 Å². The van der Waals surface area contributed by atoms with Gasteiger partial charge in [0.25, 0.3) is 0 Å². The van der Waals surface area contributed by atoms with Crippen LogP contribution in [0.3, 0.4) is 0 Å². The summed E-state index contributed by atoms with van der Waals surface area (Å²) in [4.78, 5) is 38.5. The minimum atomic E-state index is -1.16. The highest BCUT2D eigenvalue weighted by atomic mass is 32.1. The Morgan fingerprint density at radius 2 is 1.95 bits per heavy atom. The molecule has 1 aromatic carbocycles. The topological polar surface area (TPSA) is 127 Å². The van der Waals surface area contributed by atoms with Crippen LogP contribution in [0, 0.1) is 11.8 Å². The molecule has 9 nitrogen and oxygen atoms in total. The van der Waals surface area contributed by atoms with Crippen LogP contribution in [0.5, 0.6) is 5.75 Å². The number of nitroso groups, excluding NO2 is 1. The highest BCUT2D eigenvalue weighted by Crippen LogP contribution is 2.46. The van der Waals surface area contributed by atoms with Crippen LogP contribution in [-0.4, -0.2) is 31.6 Å². The standard InChI is InChI=1S/C29H29N5O4S/c1-17-12-22(32-25(13-17)33-24-15-20(9-11-30-24)38-28(2,3)4)23-16-31-27(39-23)29(34-37)10-5-6-18-14-19(26(35)36)7-8-21(18)29/h7-9,11-16H,5-6,10H2,1-4H3,(H,35,36)(H,30,32,33). The number of ether oxygens (including phenoxy) is 1. The summed E-state index contributed by atoms with van der Waals surface area (Å²) >= 11 is 1.38. The van der Waals surface area contributed by atoms with E-state index < -0.39 is 11.5 Å². The van der Waals surface area contributed by atoms with Crippen LogP contribution >= 0.6 is 11.3 Å². The van der Waals surface area contributed by atoms with Crippen LogP contribution in [0.2, 0.25) is 0 Å². The molecule has 0 amide bonds. The second kappa shape index (κ2) is 10.2. The van der Waals surface area contributed by atoms with Crippen molar-refractivity contribution in [3.63, 3.8) is 0 Å². The molecule has 200 valence electrons. The lowest BCUT2D eigenvalue weighted by Gasteiger charge is -2.31. The summed E-state index contributed by atoms with van der Waals surface area (Å²) in [6.07, 6.45) is 5.31. The van der Waals surface area contributed by atoms with E-state index in [1.807, 2.05) is 52.0 Å². The van der Waals surface area contributed by atoms with Crippen LogP contribution < -0.4 is 10.1 Å². The molecule has 0 aliphatic heterocycles. The first kappa shape index (κ1) is 26.4. The minimum Gasteiger partial charge on any atom is -0.488 e. The summed E-state index contributed by atoms with van der Waals surface area (Å²) in [5.41, 5.74) is 1.96. The molecule has 1 aliphatic carbocycles. The fourth-order valence-corrected chi connectivity index (χ4v) is 5.88. The van der Waals surface area contributed by atoms with Gasteiger partial charge in [-0.25, -0.2) is 19.7 Å². The zero-order valence-electron chi connectivity index (χ0n) is 22.2. The predicted molar refractivity (Wildman–Crippen MR) is 151 cm³/mol. The van der Waals surface area contributed by atoms with Crippen molar-refractivity contribution in [1.82, 2.24) is 15.0 Å². The van der Waals surface area contributed by atoms with E-state index in [-0.39, 0.29) is 11.2 Å². The maximum atomic E-state index is 12.4. The molecule has 39 heavy (non-hydrogen) atoms. The number of pyridine rings is 2. The van der Waals surface area contributed by atoms with Gasteiger partial charge in [-0.2, -0.15) is 0 Å². The second-order valence-electron chi connectivity index (χ2n) is 10.6. The van der Waals surface area contributed by atoms with Crippen molar-refractivity contribution in [2.45, 2.75) is 58.1 Å². The van der Waals surface area contributed by atoms with E-state index >= 15 is 0 Å². The van der Waals surface area contributed by atoms with Gasteiger partial charge in [0.15, 0.2) is 5.54 Å². The summed E-state index contributed by atoms with van der Waals surface area (Å²) in [7, 11) is 0. The highest BCUT2D eigenvalue weighted by Gasteiger charge is 2.43. The number of carboxylic acids is 1. The van der Waals surface area contributed by atoms with E-state index in [0.717, 1.165) is 21.6 Å². The van der Waals surface area contributed by atoms with Gasteiger partial charge in [0.2, 0.25) is 0 Å². The quantitative estimate of drug-likeness (QED) is 0.242. The average molecular weight is 544 g/mol. The molecule has 10 heteroatoms. The van der Waals surface area contributed by atoms with Crippen molar-refractivity contribution < 1.29 is 14.6 Å². The van der Waals surface area contributed by atoms with Gasteiger partial charge in [0, 0.05) is 18.5 Å². The van der Waals surface area contributed by atoms with E-state index in [1.54, 1.807) is 24.5 Å². The van der Waals surface area contributed by atoms with Gasteiger partial charge in [-0.15, -0.1) is 16.2 Å². The maximum absolute atomic E-state index is 12.4. The monoisotopic (exact) mass is 543 g/mol. The molecule has 0 saturated carbocycles. The molecule has 0 saturated heterocycles. The van der Waals surface area contributed by atoms with Crippen molar-refractivity contribution in [3.05, 3.63) is 87.0 Å². The first-order chi connectivity index (χ1) is 18.6. The number of carboxylic acid groups (broad SMARTS) is 1. The Labute approximate surface area is 230 Å². The molecule has 1 atom stereocenters. The molecule has 0 radical (unpaired) electrons. The molecule has 4 aromatic rings. The average Bonchev–Trinajstić information content (AvgIpc) is 3.38. The molecule has 5 rings (SSSR count). The van der Waals surface area contributed by atoms with E-state index in [4.69, 9.17) is 9.72 Å². The molecule has 3 heterocycles. The van der Waals surface area contributed by atoms with Crippen LogP contribution in [0.15, 0.2) is 60.0 Å². The third-order valence-corrected chi connectivity index (χ3v) is 7.60. The summed E-state index contributed by atoms with van der Waals surface area (Å²) in [6.45, 7) is 7.95. The first-order valence-electron chi connectivity index (χ1n) is 12.6. The molecule has 2 N–H and O–H groups in total. The van der Waals surface area contributed by atoms with Gasteiger partial charge >= 0.3 is 5.97 Å². The van der Waals surface area contributed by atoms with Crippen LogP contribution in [-0.2, 0) is 12.0 Å². The summed E-state index contributed by atoms with van der Waals surface area (Å²) in [6, 6.07) is 12.4. The van der Waals surface area contributed by atoms with E-state index in [0.29, 0.717) is 47.3 Å². The maximum Gasteiger partial charge on any atom is 0.335 e. The lowest BCUT2D eigenvalue weighted by Crippen LogP contribution is -2.30. The normalized spacial score (nSPS) is 16.8. The van der Waals surface area contributed by atoms with Gasteiger partial charge in [-0.1, -0.05) is 11.2 Å². The second-order valence-corrected chi connectivity index (χ2v) is 11.7. The Morgan fingerprint density at radius 1 is 1.13 bits per heavy atom. The summed E-state index contributed by atoms with van der Waals surface area (Å²) in [5.74, 6) is 0.931. The third kappa shape index (κ3) is 5.51. The Hall–Kier alpha value is -4.18. The van der Waals surface area contributed by atoms with E-state index in [2.05, 4.69) is 20.5 Å². The number of fused-ring (bicyclic) bond motifs is 1. The Kier molecular flexibility index (Phi) is 6.90. The summed E-state index contributed by atoms with van der Waals surface area (Å²) in [5, 5.41) is 16.8. The largest absolute Gasteiger partial charge is 0.488 e. The molecule has 3 aromatic heterocycles. The zero-order valence-corrected chi connectivity index (χ0v) is 23.0. The van der Waals surface area contributed by atoms with Crippen molar-refractivity contribution in [3.8, 4) is 16.3 Å². The SMILES string of the molecule is Cc1cc(Nc2cc(OC(C)(C)C)ccn2)nc(-c2cnc(C3(N=O)CCCc4cc(C(=O)O)ccc43)s2)c1. The third-order valence-electron chi connectivity index (χ3n) is 6.43. The van der Waals surface area contributed by atoms with Crippen molar-refractivity contribution in [2.24, 2.45) is 5.18 Å². The number of thiazole rings is 1. The molecule has 0 spiro atoms. The number of aromatic nitrogens is 3. The zero-order chi connectivity index (χ0) is 27.8. The number of aryl methyl sites for hydroxylation is 2. The first-order valence-corrected chi connectivity index (χ1v) is 13.5. The smallest absolute Gasteiger partial charge is 0.335 e. The molecular formula is C29H29N5O4S. The Balaban J connectivity index is 1.46. The van der Waals surface area contributed by atoms with Gasteiger partial charge < -0.3 is 15.2 Å². The van der Waals surface area contributed by atoms with Gasteiger partial charge in [0.1, 0.15) is 28.0 Å². The number of anilines is 2. The Morgan fingerprint density at radius 3 is 2.69 bits per heavy atom. The predicted octanol–water partition coefficient (Wildman–Crippen LogP) is 6.87. The van der Waals surface area contributed by atoms with E-state index in [1.165, 1.54) is 17.4 Å². The number of rotatable bonds is 7. The fourth-order valence-electron chi connectivity index (χ4n) is 4.83. The lowest BCUT2D eigenvalue weighted by atomic mass is 9.77. The van der Waals surface area contributed by atoms with Crippen LogP contribution in [0.25, 0.3) is 10.6 Å². The summed E-state index contributed by atoms with van der Waals surface area (Å²) < 4.78 is 5.95. The lowest BCUT2D eigenvalue weighted by molar-refractivity contribution is 0.0696. The molecular weight excluding hydrogens is 514 g/mol. The number of nitrogens with zero attached hydrogens (tertiary/aromatic N) is 4. The van der Waals surface area contributed by atoms with Crippen molar-refractivity contribution in [2.75, 3.05) is 5.32 Å². The molecule has 1 unspecified atom stereocenters. The molecule has 1 aliphatic rings. The number of carbonyl (C=O) groups is 1. The number of aromatic carboxylic acids is 1. The number of hydrogen-bond acceptors (Lipinski definition) is 9. The van der Waals surface area contributed by atoms with Crippen LogP contribution in [0.1, 0.15) is 65.7 Å². The highest BCUT2D eigenvalue weighted by molar-refractivity contribution is 7.15. The number of benzene rings is 1. The van der Waals surface area contributed by atoms with Gasteiger partial charge in [-0.05, 0) is 94.0 Å². The van der Waals surface area contributed by atoms with Gasteiger partial charge in [0.05, 0.1) is 16.1 Å². The minimum absolute atomic E-state index is 0.198. The molecule has 0 fully saturated rings. The Bertz CT molecular complexity index is 1560. The van der Waals surface area contributed by atoms with Crippen molar-refractivity contribution >= 4 is 28.9 Å². The number of hydrogen-bond donors (Lipinski definition) is 2. The number of nitrogens with one attached hydrogen (secondary N) is 1. The molecule has 0 bridgehead atoms. The van der Waals surface area contributed by atoms with Gasteiger partial charge in [-0.3, -0.25) is 0 Å². The fraction of sp³-hybridized carbons (Fsp3) is 0.310.